The zero-order valence-electron chi connectivity index (χ0n) is 28.3. The third-order valence-corrected chi connectivity index (χ3v) is 9.27. The van der Waals surface area contributed by atoms with Gasteiger partial charge in [-0.05, 0) is 58.4 Å². The number of epoxide rings is 2. The maximum Gasteiger partial charge on any atom is 0.306 e. The third-order valence-electron chi connectivity index (χ3n) is 9.27. The van der Waals surface area contributed by atoms with Gasteiger partial charge in [0.1, 0.15) is 23.4 Å². The Bertz CT molecular complexity index is 1200. The van der Waals surface area contributed by atoms with Crippen LogP contribution in [0.1, 0.15) is 58.4 Å². The molecule has 0 aromatic heterocycles. The highest BCUT2D eigenvalue weighted by Crippen LogP contribution is 2.59. The molecule has 7 atom stereocenters. The Balaban J connectivity index is 1.04. The van der Waals surface area contributed by atoms with E-state index in [1.54, 1.807) is 7.11 Å². The molecule has 262 valence electrons. The van der Waals surface area contributed by atoms with E-state index in [0.717, 1.165) is 18.4 Å². The van der Waals surface area contributed by atoms with Crippen LogP contribution >= 0.6 is 0 Å². The van der Waals surface area contributed by atoms with Crippen molar-refractivity contribution >= 4 is 17.8 Å². The number of allylic oxidation sites excluding steroid dienone is 1. The van der Waals surface area contributed by atoms with Crippen molar-refractivity contribution in [3.63, 3.8) is 0 Å². The molecule has 47 heavy (non-hydrogen) atoms. The Morgan fingerprint density at radius 3 is 2.49 bits per heavy atom. The van der Waals surface area contributed by atoms with Gasteiger partial charge >= 0.3 is 5.97 Å². The SMILES string of the molecule is COC1C(OC(=O)CCCOCCOCCNC(=O)CN[C@@H](Cc2ccccc2)C(N)=O)CC[C@]2(CO2)C1C1(C)O[C@@H]1CC=C(C)C. The van der Waals surface area contributed by atoms with Crippen molar-refractivity contribution in [3.05, 3.63) is 47.5 Å². The lowest BCUT2D eigenvalue weighted by Crippen LogP contribution is -2.55. The molecular weight excluding hydrogens is 606 g/mol. The van der Waals surface area contributed by atoms with E-state index < -0.39 is 11.9 Å². The summed E-state index contributed by atoms with van der Waals surface area (Å²) in [6, 6.07) is 8.84. The molecule has 1 aromatic rings. The highest BCUT2D eigenvalue weighted by Gasteiger charge is 2.72. The van der Waals surface area contributed by atoms with Gasteiger partial charge in [0, 0.05) is 26.7 Å². The number of esters is 1. The van der Waals surface area contributed by atoms with E-state index in [1.807, 2.05) is 30.3 Å². The van der Waals surface area contributed by atoms with Gasteiger partial charge in [-0.25, -0.2) is 0 Å². The third kappa shape index (κ3) is 10.8. The molecule has 2 aliphatic heterocycles. The van der Waals surface area contributed by atoms with Gasteiger partial charge in [0.25, 0.3) is 0 Å². The Labute approximate surface area is 278 Å². The normalized spacial score (nSPS) is 28.3. The largest absolute Gasteiger partial charge is 0.460 e. The second-order valence-corrected chi connectivity index (χ2v) is 13.1. The quantitative estimate of drug-likeness (QED) is 0.0772. The van der Waals surface area contributed by atoms with Crippen LogP contribution in [0, 0.1) is 5.92 Å². The highest BCUT2D eigenvalue weighted by molar-refractivity contribution is 5.82. The second-order valence-electron chi connectivity index (χ2n) is 13.1. The molecule has 4 unspecified atom stereocenters. The smallest absolute Gasteiger partial charge is 0.306 e. The van der Waals surface area contributed by atoms with Gasteiger partial charge in [-0.3, -0.25) is 19.7 Å². The van der Waals surface area contributed by atoms with Crippen molar-refractivity contribution in [1.29, 1.82) is 0 Å². The molecule has 2 heterocycles. The van der Waals surface area contributed by atoms with Gasteiger partial charge < -0.3 is 39.5 Å². The van der Waals surface area contributed by atoms with Crippen LogP contribution in [0.2, 0.25) is 0 Å². The first-order valence-electron chi connectivity index (χ1n) is 16.7. The van der Waals surface area contributed by atoms with Gasteiger partial charge in [-0.2, -0.15) is 0 Å². The van der Waals surface area contributed by atoms with Crippen molar-refractivity contribution < 1.29 is 42.8 Å². The summed E-state index contributed by atoms with van der Waals surface area (Å²) in [6.07, 6.45) is 5.22. The highest BCUT2D eigenvalue weighted by atomic mass is 16.6. The van der Waals surface area contributed by atoms with Gasteiger partial charge in [0.15, 0.2) is 0 Å². The predicted octanol–water partition coefficient (Wildman–Crippen LogP) is 2.22. The number of nitrogens with one attached hydrogen (secondary N) is 2. The van der Waals surface area contributed by atoms with Crippen LogP contribution in [0.15, 0.2) is 42.0 Å². The number of amides is 2. The van der Waals surface area contributed by atoms with Crippen molar-refractivity contribution in [2.24, 2.45) is 11.7 Å². The molecule has 3 aliphatic rings. The molecular formula is C35H53N3O9. The first-order chi connectivity index (χ1) is 22.6. The van der Waals surface area contributed by atoms with Crippen LogP contribution in [0.4, 0.5) is 0 Å². The van der Waals surface area contributed by atoms with E-state index in [1.165, 1.54) is 5.57 Å². The fourth-order valence-corrected chi connectivity index (χ4v) is 6.60. The zero-order chi connectivity index (χ0) is 33.9. The number of ether oxygens (including phenoxy) is 6. The van der Waals surface area contributed by atoms with Crippen LogP contribution < -0.4 is 16.4 Å². The molecule has 3 fully saturated rings. The summed E-state index contributed by atoms with van der Waals surface area (Å²) in [7, 11) is 1.67. The number of carbonyl (C=O) groups excluding carboxylic acids is 3. The van der Waals surface area contributed by atoms with Crippen molar-refractivity contribution in [2.75, 3.05) is 53.2 Å². The minimum atomic E-state index is -0.637. The first-order valence-corrected chi connectivity index (χ1v) is 16.7. The number of rotatable bonds is 21. The van der Waals surface area contributed by atoms with E-state index in [2.05, 4.69) is 37.5 Å². The molecule has 1 aromatic carbocycles. The van der Waals surface area contributed by atoms with Gasteiger partial charge in [0.05, 0.1) is 51.0 Å². The number of benzene rings is 1. The summed E-state index contributed by atoms with van der Waals surface area (Å²) in [6.45, 7) is 8.74. The topological polar surface area (TPSA) is 163 Å². The second kappa shape index (κ2) is 17.5. The lowest BCUT2D eigenvalue weighted by atomic mass is 9.68. The van der Waals surface area contributed by atoms with E-state index in [9.17, 15) is 14.4 Å². The van der Waals surface area contributed by atoms with Crippen LogP contribution in [0.5, 0.6) is 0 Å². The Kier molecular flexibility index (Phi) is 13.8. The van der Waals surface area contributed by atoms with Gasteiger partial charge in [-0.15, -0.1) is 0 Å². The van der Waals surface area contributed by atoms with E-state index >= 15 is 0 Å². The molecule has 1 aliphatic carbocycles. The number of primary amides is 1. The summed E-state index contributed by atoms with van der Waals surface area (Å²) >= 11 is 0. The number of carbonyl (C=O) groups is 3. The summed E-state index contributed by atoms with van der Waals surface area (Å²) < 4.78 is 35.2. The maximum atomic E-state index is 12.7. The maximum absolute atomic E-state index is 12.7. The summed E-state index contributed by atoms with van der Waals surface area (Å²) in [4.78, 5) is 36.6. The Morgan fingerprint density at radius 1 is 1.11 bits per heavy atom. The molecule has 12 heteroatoms. The van der Waals surface area contributed by atoms with Crippen LogP contribution in [-0.4, -0.2) is 107 Å². The molecule has 12 nitrogen and oxygen atoms in total. The Hall–Kier alpha value is -2.87. The van der Waals surface area contributed by atoms with Crippen molar-refractivity contribution in [3.8, 4) is 0 Å². The monoisotopic (exact) mass is 659 g/mol. The molecule has 1 spiro atoms. The summed E-state index contributed by atoms with van der Waals surface area (Å²) in [5.74, 6) is -1.03. The fourth-order valence-electron chi connectivity index (χ4n) is 6.60. The average Bonchev–Trinajstić information content (AvgIpc) is 3.96. The average molecular weight is 660 g/mol. The summed E-state index contributed by atoms with van der Waals surface area (Å²) in [5, 5.41) is 5.65. The molecule has 4 N–H and O–H groups in total. The van der Waals surface area contributed by atoms with Crippen LogP contribution in [0.25, 0.3) is 0 Å². The lowest BCUT2D eigenvalue weighted by Gasteiger charge is -2.42. The van der Waals surface area contributed by atoms with Crippen molar-refractivity contribution in [2.45, 2.75) is 94.9 Å². The number of nitrogens with two attached hydrogens (primary N) is 1. The van der Waals surface area contributed by atoms with Crippen LogP contribution in [-0.2, 0) is 49.2 Å². The first kappa shape index (κ1) is 37.0. The molecule has 2 saturated heterocycles. The number of methoxy groups -OCH3 is 1. The van der Waals surface area contributed by atoms with Gasteiger partial charge in [-0.1, -0.05) is 42.0 Å². The molecule has 0 bridgehead atoms. The molecule has 1 saturated carbocycles. The van der Waals surface area contributed by atoms with E-state index in [0.29, 0.717) is 58.8 Å². The lowest BCUT2D eigenvalue weighted by molar-refractivity contribution is -0.172. The fraction of sp³-hybridized carbons (Fsp3) is 0.686. The zero-order valence-corrected chi connectivity index (χ0v) is 28.3. The minimum Gasteiger partial charge on any atom is -0.460 e. The molecule has 0 radical (unpaired) electrons. The molecule has 4 rings (SSSR count). The standard InChI is InChI=1S/C35H53N3O9/c1-24(2)12-13-28-34(3,47-28)32-31(42-4)27(14-15-35(32)23-45-35)46-30(40)11-8-17-43-19-20-44-18-16-37-29(39)22-38-26(33(36)41)21-25-9-6-5-7-10-25/h5-7,9-10,12,26-28,31-32,38H,8,11,13-23H2,1-4H3,(H2,36,41)(H,37,39)/t26-,27?,28+,31?,32?,34?,35-/m0/s1. The number of hydrogen-bond acceptors (Lipinski definition) is 10. The van der Waals surface area contributed by atoms with E-state index in [4.69, 9.17) is 34.2 Å². The summed E-state index contributed by atoms with van der Waals surface area (Å²) in [5.41, 5.74) is 7.07. The molecule has 2 amide bonds. The van der Waals surface area contributed by atoms with E-state index in [-0.39, 0.29) is 60.3 Å². The minimum absolute atomic E-state index is 0.00505. The number of hydrogen-bond donors (Lipinski definition) is 3. The predicted molar refractivity (Wildman–Crippen MR) is 174 cm³/mol. The van der Waals surface area contributed by atoms with Gasteiger partial charge in [0.2, 0.25) is 11.8 Å². The Morgan fingerprint density at radius 2 is 1.83 bits per heavy atom. The van der Waals surface area contributed by atoms with Crippen LogP contribution in [0.3, 0.4) is 0 Å². The van der Waals surface area contributed by atoms with Crippen molar-refractivity contribution in [1.82, 2.24) is 10.6 Å².